The lowest BCUT2D eigenvalue weighted by Gasteiger charge is -1.64. The van der Waals surface area contributed by atoms with Crippen LogP contribution in [-0.2, 0) is 0 Å². The number of hydrogen-bond donors (Lipinski definition) is 0. The Labute approximate surface area is 45.0 Å². The summed E-state index contributed by atoms with van der Waals surface area (Å²) >= 11 is 4.55. The van der Waals surface area contributed by atoms with Crippen molar-refractivity contribution in [3.8, 4) is 0 Å². The first-order valence-corrected chi connectivity index (χ1v) is 4.28. The van der Waals surface area contributed by atoms with Gasteiger partial charge in [0.2, 0.25) is 0 Å². The van der Waals surface area contributed by atoms with Gasteiger partial charge >= 0.3 is 0 Å². The summed E-state index contributed by atoms with van der Waals surface area (Å²) in [6.45, 7) is 4.26. The predicted octanol–water partition coefficient (Wildman–Crippen LogP) is 1.95. The van der Waals surface area contributed by atoms with Gasteiger partial charge in [0.25, 0.3) is 0 Å². The molecule has 0 nitrogen and oxygen atoms in total. The van der Waals surface area contributed by atoms with Crippen molar-refractivity contribution >= 4 is 24.5 Å². The molecule has 0 heterocycles. The minimum atomic E-state index is -0.0113. The van der Waals surface area contributed by atoms with Gasteiger partial charge < -0.3 is 0 Å². The van der Waals surface area contributed by atoms with Gasteiger partial charge in [-0.1, -0.05) is 0 Å². The topological polar surface area (TPSA) is 0 Å². The molecule has 2 heteroatoms. The average Bonchev–Trinajstić information content (AvgIpc) is 1.65. The van der Waals surface area contributed by atoms with Crippen molar-refractivity contribution in [3.63, 3.8) is 0 Å². The first-order chi connectivity index (χ1) is 2.81. The average molecular weight is 119 g/mol. The highest BCUT2D eigenvalue weighted by atomic mass is 32.1. The predicted molar refractivity (Wildman–Crippen MR) is 36.0 cm³/mol. The molecule has 0 aromatic rings. The first kappa shape index (κ1) is 6.30. The molecule has 0 aliphatic carbocycles. The molecule has 0 fully saturated rings. The van der Waals surface area contributed by atoms with Crippen LogP contribution in [-0.4, -0.2) is 17.6 Å². The monoisotopic (exact) mass is 119 g/mol. The molecule has 0 radical (unpaired) electrons. The van der Waals surface area contributed by atoms with Crippen molar-refractivity contribution < 1.29 is 0 Å². The Bertz CT molecular complexity index is 81.5. The van der Waals surface area contributed by atoms with Crippen LogP contribution < -0.4 is 0 Å². The molecule has 1 atom stereocenters. The van der Waals surface area contributed by atoms with Gasteiger partial charge in [-0.3, -0.25) is 0 Å². The number of thiocarbonyl (C=S) groups is 1. The van der Waals surface area contributed by atoms with Crippen LogP contribution in [0.1, 0.15) is 6.92 Å². The van der Waals surface area contributed by atoms with E-state index in [1.165, 1.54) is 6.16 Å². The van der Waals surface area contributed by atoms with Gasteiger partial charge in [-0.05, 0) is 6.92 Å². The highest BCUT2D eigenvalue weighted by Crippen LogP contribution is 2.10. The fourth-order valence-corrected chi connectivity index (χ4v) is 0.581. The molecule has 34 valence electrons. The lowest BCUT2D eigenvalue weighted by atomic mass is 11.0. The molecule has 0 spiro atoms. The van der Waals surface area contributed by atoms with Crippen molar-refractivity contribution in [2.24, 2.45) is 0 Å². The van der Waals surface area contributed by atoms with E-state index in [1.54, 1.807) is 0 Å². The standard InChI is InChI=1S/C4H8PS/c1-3-5(2)4-6/h3H2,1-2H3/q+1. The van der Waals surface area contributed by atoms with Crippen molar-refractivity contribution in [2.75, 3.05) is 12.8 Å². The quantitative estimate of drug-likeness (QED) is 0.375. The van der Waals surface area contributed by atoms with Gasteiger partial charge in [-0.2, -0.15) is 0 Å². The van der Waals surface area contributed by atoms with Gasteiger partial charge in [0.15, 0.2) is 12.3 Å². The minimum Gasteiger partial charge on any atom is -0.0235 e. The molecule has 0 N–H and O–H groups in total. The summed E-state index contributed by atoms with van der Waals surface area (Å²) in [5, 5.41) is 0. The van der Waals surface area contributed by atoms with E-state index in [1.807, 2.05) is 0 Å². The maximum atomic E-state index is 4.55. The van der Waals surface area contributed by atoms with E-state index in [4.69, 9.17) is 0 Å². The minimum absolute atomic E-state index is 0.0113. The lowest BCUT2D eigenvalue weighted by Crippen LogP contribution is -1.58. The first-order valence-electron chi connectivity index (χ1n) is 1.90. The molecular formula is C4H8PS+. The molecule has 0 aliphatic rings. The van der Waals surface area contributed by atoms with Gasteiger partial charge in [0, 0.05) is 12.2 Å². The molecule has 0 rings (SSSR count). The molecule has 1 unspecified atom stereocenters. The maximum Gasteiger partial charge on any atom is 0.163 e. The third-order valence-electron chi connectivity index (χ3n) is 0.630. The maximum absolute atomic E-state index is 4.55. The molecule has 0 aromatic carbocycles. The van der Waals surface area contributed by atoms with Crippen LogP contribution in [0.3, 0.4) is 0 Å². The normalized spacial score (nSPS) is 10.0. The highest BCUT2D eigenvalue weighted by Gasteiger charge is 1.88. The summed E-state index contributed by atoms with van der Waals surface area (Å²) < 4.78 is 2.76. The molecule has 6 heavy (non-hydrogen) atoms. The Kier molecular flexibility index (Phi) is 3.66. The van der Waals surface area contributed by atoms with E-state index in [0.717, 1.165) is 0 Å². The van der Waals surface area contributed by atoms with Crippen LogP contribution >= 0.6 is 19.8 Å². The second-order valence-corrected chi connectivity index (χ2v) is 3.86. The summed E-state index contributed by atoms with van der Waals surface area (Å²) in [5.41, 5.74) is 0. The molecular weight excluding hydrogens is 111 g/mol. The number of hydrogen-bond acceptors (Lipinski definition) is 1. The van der Waals surface area contributed by atoms with Gasteiger partial charge in [0.1, 0.15) is 12.8 Å². The molecule has 0 aliphatic heterocycles. The Morgan fingerprint density at radius 1 is 1.83 bits per heavy atom. The van der Waals surface area contributed by atoms with Crippen LogP contribution in [0.25, 0.3) is 0 Å². The molecule has 0 bridgehead atoms. The van der Waals surface area contributed by atoms with Crippen molar-refractivity contribution in [1.82, 2.24) is 0 Å². The van der Waals surface area contributed by atoms with E-state index < -0.39 is 0 Å². The molecule has 0 amide bonds. The van der Waals surface area contributed by atoms with Crippen LogP contribution in [0.15, 0.2) is 0 Å². The lowest BCUT2D eigenvalue weighted by molar-refractivity contribution is 1.52. The smallest absolute Gasteiger partial charge is 0.0235 e. The SMILES string of the molecule is CC[P+](C)=C=S. The van der Waals surface area contributed by atoms with Crippen LogP contribution in [0.4, 0.5) is 0 Å². The van der Waals surface area contributed by atoms with Crippen LogP contribution in [0, 0.1) is 0 Å². The van der Waals surface area contributed by atoms with E-state index in [9.17, 15) is 0 Å². The van der Waals surface area contributed by atoms with Crippen molar-refractivity contribution in [2.45, 2.75) is 6.92 Å². The molecule has 0 saturated heterocycles. The van der Waals surface area contributed by atoms with Crippen molar-refractivity contribution in [3.05, 3.63) is 0 Å². The summed E-state index contributed by atoms with van der Waals surface area (Å²) in [4.78, 5) is 0. The van der Waals surface area contributed by atoms with Gasteiger partial charge in [-0.15, -0.1) is 0 Å². The fraction of sp³-hybridized carbons (Fsp3) is 0.750. The third-order valence-corrected chi connectivity index (χ3v) is 2.83. The Balaban J connectivity index is 3.52. The summed E-state index contributed by atoms with van der Waals surface area (Å²) in [6.07, 6.45) is 1.18. The Morgan fingerprint density at radius 3 is 2.33 bits per heavy atom. The van der Waals surface area contributed by atoms with Crippen LogP contribution in [0.2, 0.25) is 0 Å². The van der Waals surface area contributed by atoms with E-state index >= 15 is 0 Å². The zero-order chi connectivity index (χ0) is 4.99. The van der Waals surface area contributed by atoms with Gasteiger partial charge in [0.05, 0.1) is 0 Å². The van der Waals surface area contributed by atoms with Crippen molar-refractivity contribution in [1.29, 1.82) is 0 Å². The Morgan fingerprint density at radius 2 is 2.33 bits per heavy atom. The Hall–Kier alpha value is 0.300. The zero-order valence-corrected chi connectivity index (χ0v) is 5.77. The second-order valence-electron chi connectivity index (χ2n) is 1.11. The van der Waals surface area contributed by atoms with E-state index in [-0.39, 0.29) is 7.55 Å². The summed E-state index contributed by atoms with van der Waals surface area (Å²) in [6, 6.07) is 0. The largest absolute Gasteiger partial charge is 0.163 e. The van der Waals surface area contributed by atoms with E-state index in [2.05, 4.69) is 30.5 Å². The highest BCUT2D eigenvalue weighted by molar-refractivity contribution is 7.85. The molecule has 0 aromatic heterocycles. The summed E-state index contributed by atoms with van der Waals surface area (Å²) in [5.74, 6) is 0. The van der Waals surface area contributed by atoms with Gasteiger partial charge in [-0.25, -0.2) is 0 Å². The zero-order valence-electron chi connectivity index (χ0n) is 4.06. The van der Waals surface area contributed by atoms with Crippen LogP contribution in [0.5, 0.6) is 0 Å². The number of rotatable bonds is 1. The summed E-state index contributed by atoms with van der Waals surface area (Å²) in [7, 11) is -0.0113. The second kappa shape index (κ2) is 3.49. The van der Waals surface area contributed by atoms with E-state index in [0.29, 0.717) is 0 Å². The third kappa shape index (κ3) is 2.53. The molecule has 0 saturated carbocycles. The fourth-order valence-electron chi connectivity index (χ4n) is 0.0645.